The summed E-state index contributed by atoms with van der Waals surface area (Å²) in [6, 6.07) is 104. The van der Waals surface area contributed by atoms with Crippen molar-refractivity contribution in [2.24, 2.45) is 0 Å². The number of fused-ring (bicyclic) bond motifs is 12. The average molecular weight is 1030 g/mol. The molecule has 5 heteroatoms. The van der Waals surface area contributed by atoms with Crippen LogP contribution in [-0.4, -0.2) is 26.3 Å². The summed E-state index contributed by atoms with van der Waals surface area (Å²) >= 11 is 0. The largest absolute Gasteiger partial charge is 0.309 e. The number of rotatable bonds is 8. The number of para-hydroxylation sites is 8. The third kappa shape index (κ3) is 6.99. The van der Waals surface area contributed by atoms with E-state index >= 15 is 0 Å². The van der Waals surface area contributed by atoms with E-state index in [2.05, 4.69) is 310 Å². The molecule has 0 radical (unpaired) electrons. The maximum Gasteiger partial charge on any atom is 0.112 e. The lowest BCUT2D eigenvalue weighted by molar-refractivity contribution is 1.13. The minimum atomic E-state index is -2.18. The third-order valence-electron chi connectivity index (χ3n) is 17.0. The Labute approximate surface area is 458 Å². The van der Waals surface area contributed by atoms with Crippen LogP contribution in [-0.2, 0) is 0 Å². The highest BCUT2D eigenvalue weighted by molar-refractivity contribution is 7.00. The van der Waals surface area contributed by atoms with Crippen LogP contribution < -0.4 is 10.4 Å². The number of benzene rings is 12. The predicted molar refractivity (Wildman–Crippen MR) is 338 cm³/mol. The molecule has 4 heterocycles. The van der Waals surface area contributed by atoms with Gasteiger partial charge in [-0.25, -0.2) is 0 Å². The molecule has 0 bridgehead atoms. The fourth-order valence-electron chi connectivity index (χ4n) is 13.2. The minimum absolute atomic E-state index is 1.13. The summed E-state index contributed by atoms with van der Waals surface area (Å²) in [5, 5.41) is 12.8. The van der Waals surface area contributed by atoms with Crippen LogP contribution in [0.4, 0.5) is 0 Å². The summed E-state index contributed by atoms with van der Waals surface area (Å²) in [6.45, 7) is 4.98. The van der Waals surface area contributed by atoms with Crippen LogP contribution in [0.15, 0.2) is 279 Å². The van der Waals surface area contributed by atoms with E-state index in [1.165, 1.54) is 120 Å². The first kappa shape index (κ1) is 45.3. The zero-order valence-corrected chi connectivity index (χ0v) is 44.8. The van der Waals surface area contributed by atoms with Gasteiger partial charge in [0.25, 0.3) is 0 Å². The van der Waals surface area contributed by atoms with Crippen molar-refractivity contribution in [3.63, 3.8) is 0 Å². The van der Waals surface area contributed by atoms with E-state index in [0.29, 0.717) is 0 Å². The van der Waals surface area contributed by atoms with Gasteiger partial charge in [0, 0.05) is 65.8 Å². The Morgan fingerprint density at radius 2 is 0.392 bits per heavy atom. The van der Waals surface area contributed by atoms with Gasteiger partial charge < -0.3 is 18.3 Å². The molecule has 0 aliphatic rings. The van der Waals surface area contributed by atoms with E-state index in [9.17, 15) is 0 Å². The SMILES string of the molecule is C[Si](C)(c1ccc(-c2cc(-n3c4ccccc4c4ccccc43)cc(-n3c4ccccc4c4ccccc43)c2)cc1)c1ccc(-c2cc(-n3c4ccccc4c4ccccc43)cc(-n3c4ccccc4c4ccccc43)c2)cc1. The fraction of sp³-hybridized carbons (Fsp3) is 0.0270. The van der Waals surface area contributed by atoms with Crippen LogP contribution in [0.1, 0.15) is 0 Å². The van der Waals surface area contributed by atoms with Crippen molar-refractivity contribution in [1.29, 1.82) is 0 Å². The fourth-order valence-corrected chi connectivity index (χ4v) is 15.5. The molecule has 0 amide bonds. The van der Waals surface area contributed by atoms with Crippen LogP contribution >= 0.6 is 0 Å². The molecule has 0 fully saturated rings. The highest BCUT2D eigenvalue weighted by Gasteiger charge is 2.27. The molecule has 372 valence electrons. The Kier molecular flexibility index (Phi) is 10.1. The van der Waals surface area contributed by atoms with Gasteiger partial charge in [-0.15, -0.1) is 0 Å². The molecular weight excluding hydrogens is 973 g/mol. The Balaban J connectivity index is 0.806. The number of aromatic nitrogens is 4. The molecule has 4 aromatic heterocycles. The van der Waals surface area contributed by atoms with Crippen LogP contribution in [0.25, 0.3) is 132 Å². The van der Waals surface area contributed by atoms with Crippen LogP contribution in [0.3, 0.4) is 0 Å². The summed E-state index contributed by atoms with van der Waals surface area (Å²) < 4.78 is 9.80. The third-order valence-corrected chi connectivity index (χ3v) is 20.6. The molecular formula is C74H52N4Si. The maximum atomic E-state index is 2.49. The van der Waals surface area contributed by atoms with E-state index < -0.39 is 8.07 Å². The average Bonchev–Trinajstić information content (AvgIpc) is 4.31. The molecule has 0 aliphatic heterocycles. The molecule has 0 atom stereocenters. The second-order valence-electron chi connectivity index (χ2n) is 21.7. The van der Waals surface area contributed by atoms with Gasteiger partial charge in [-0.2, -0.15) is 0 Å². The first-order valence-corrected chi connectivity index (χ1v) is 30.4. The van der Waals surface area contributed by atoms with E-state index in [-0.39, 0.29) is 0 Å². The van der Waals surface area contributed by atoms with Crippen LogP contribution in [0.2, 0.25) is 13.1 Å². The molecule has 4 nitrogen and oxygen atoms in total. The summed E-state index contributed by atoms with van der Waals surface area (Å²) in [7, 11) is -2.18. The Hall–Kier alpha value is -9.94. The number of hydrogen-bond acceptors (Lipinski definition) is 0. The van der Waals surface area contributed by atoms with E-state index in [1.807, 2.05) is 0 Å². The van der Waals surface area contributed by atoms with Crippen molar-refractivity contribution in [3.05, 3.63) is 279 Å². The van der Waals surface area contributed by atoms with Gasteiger partial charge in [-0.3, -0.25) is 0 Å². The van der Waals surface area contributed by atoms with Crippen molar-refractivity contribution >= 4 is 106 Å². The predicted octanol–water partition coefficient (Wildman–Crippen LogP) is 18.2. The van der Waals surface area contributed by atoms with Crippen molar-refractivity contribution in [3.8, 4) is 45.0 Å². The monoisotopic (exact) mass is 1020 g/mol. The Morgan fingerprint density at radius 3 is 0.595 bits per heavy atom. The normalized spacial score (nSPS) is 12.2. The first-order valence-electron chi connectivity index (χ1n) is 27.4. The molecule has 0 saturated carbocycles. The number of hydrogen-bond donors (Lipinski definition) is 0. The minimum Gasteiger partial charge on any atom is -0.309 e. The number of nitrogens with zero attached hydrogens (tertiary/aromatic N) is 4. The van der Waals surface area contributed by atoms with Crippen LogP contribution in [0, 0.1) is 0 Å². The zero-order chi connectivity index (χ0) is 52.3. The summed E-state index contributed by atoms with van der Waals surface area (Å²) in [6.07, 6.45) is 0. The van der Waals surface area contributed by atoms with Gasteiger partial charge in [0.2, 0.25) is 0 Å². The topological polar surface area (TPSA) is 19.7 Å². The standard InChI is InChI=1S/C74H52N4Si/c1-79(2,57-39-35-49(36-40-57)51-43-53(75-67-27-11-3-19-59(67)60-20-4-12-28-68(60)75)47-54(44-51)76-69-29-13-5-21-61(69)62-22-6-14-30-70(62)76)58-41-37-50(38-42-58)52-45-55(77-71-31-15-7-23-63(71)64-24-8-16-32-72(64)77)48-56(46-52)78-73-33-17-9-25-65(73)66-26-10-18-34-74(66)78/h3-48H,1-2H3. The molecule has 0 spiro atoms. The lowest BCUT2D eigenvalue weighted by Gasteiger charge is -2.24. The summed E-state index contributed by atoms with van der Waals surface area (Å²) in [5.74, 6) is 0. The lowest BCUT2D eigenvalue weighted by atomic mass is 10.0. The van der Waals surface area contributed by atoms with Crippen molar-refractivity contribution in [2.75, 3.05) is 0 Å². The second-order valence-corrected chi connectivity index (χ2v) is 26.1. The molecule has 0 aliphatic carbocycles. The summed E-state index contributed by atoms with van der Waals surface area (Å²) in [4.78, 5) is 0. The van der Waals surface area contributed by atoms with Gasteiger partial charge in [0.05, 0.1) is 44.1 Å². The summed E-state index contributed by atoms with van der Waals surface area (Å²) in [5.41, 5.74) is 18.8. The molecule has 16 rings (SSSR count). The molecule has 12 aromatic carbocycles. The highest BCUT2D eigenvalue weighted by Crippen LogP contribution is 2.40. The second kappa shape index (κ2) is 17.5. The first-order chi connectivity index (χ1) is 38.9. The van der Waals surface area contributed by atoms with Crippen molar-refractivity contribution in [1.82, 2.24) is 18.3 Å². The molecule has 0 N–H and O–H groups in total. The molecule has 0 unspecified atom stereocenters. The Morgan fingerprint density at radius 1 is 0.203 bits per heavy atom. The molecule has 16 aromatic rings. The van der Waals surface area contributed by atoms with E-state index in [0.717, 1.165) is 22.7 Å². The van der Waals surface area contributed by atoms with Gasteiger partial charge in [-0.1, -0.05) is 218 Å². The van der Waals surface area contributed by atoms with Gasteiger partial charge in [-0.05, 0) is 107 Å². The van der Waals surface area contributed by atoms with Crippen molar-refractivity contribution < 1.29 is 0 Å². The molecule has 0 saturated heterocycles. The van der Waals surface area contributed by atoms with Gasteiger partial charge in [0.15, 0.2) is 0 Å². The van der Waals surface area contributed by atoms with Crippen LogP contribution in [0.5, 0.6) is 0 Å². The van der Waals surface area contributed by atoms with Gasteiger partial charge in [0.1, 0.15) is 8.07 Å². The Bertz CT molecular complexity index is 4310. The highest BCUT2D eigenvalue weighted by atomic mass is 28.3. The van der Waals surface area contributed by atoms with Crippen molar-refractivity contribution in [2.45, 2.75) is 13.1 Å². The van der Waals surface area contributed by atoms with E-state index in [4.69, 9.17) is 0 Å². The maximum absolute atomic E-state index is 2.49. The van der Waals surface area contributed by atoms with E-state index in [1.54, 1.807) is 0 Å². The lowest BCUT2D eigenvalue weighted by Crippen LogP contribution is -2.52. The smallest absolute Gasteiger partial charge is 0.112 e. The van der Waals surface area contributed by atoms with Gasteiger partial charge >= 0.3 is 0 Å². The molecule has 79 heavy (non-hydrogen) atoms. The quantitative estimate of drug-likeness (QED) is 0.135. The zero-order valence-electron chi connectivity index (χ0n) is 43.8.